The monoisotopic (exact) mass is 396 g/mol. The summed E-state index contributed by atoms with van der Waals surface area (Å²) in [4.78, 5) is 28.7. The van der Waals surface area contributed by atoms with Crippen molar-refractivity contribution < 1.29 is 14.3 Å². The van der Waals surface area contributed by atoms with E-state index in [2.05, 4.69) is 10.3 Å². The second kappa shape index (κ2) is 6.68. The zero-order chi connectivity index (χ0) is 18.5. The third-order valence-corrected chi connectivity index (χ3v) is 6.80. The number of nitrogens with zero attached hydrogens (tertiary/aromatic N) is 1. The lowest BCUT2D eigenvalue weighted by Crippen LogP contribution is -2.61. The molecule has 5 rings (SSSR count). The molecule has 1 amide bonds. The summed E-state index contributed by atoms with van der Waals surface area (Å²) in [5, 5.41) is 3.52. The van der Waals surface area contributed by atoms with Gasteiger partial charge in [-0.1, -0.05) is 23.2 Å². The quantitative estimate of drug-likeness (QED) is 0.616. The topological polar surface area (TPSA) is 68.3 Å². The molecule has 0 aliphatic heterocycles. The predicted octanol–water partition coefficient (Wildman–Crippen LogP) is 4.02. The summed E-state index contributed by atoms with van der Waals surface area (Å²) in [6, 6.07) is 1.39. The minimum Gasteiger partial charge on any atom is -0.449 e. The normalized spacial score (nSPS) is 33.0. The summed E-state index contributed by atoms with van der Waals surface area (Å²) in [5.74, 6) is 1.35. The lowest BCUT2D eigenvalue weighted by molar-refractivity contribution is -0.134. The molecule has 4 saturated carbocycles. The van der Waals surface area contributed by atoms with Crippen molar-refractivity contribution in [3.63, 3.8) is 0 Å². The Kier molecular flexibility index (Phi) is 4.64. The maximum atomic E-state index is 12.7. The third kappa shape index (κ3) is 3.44. The highest BCUT2D eigenvalue weighted by molar-refractivity contribution is 6.41. The van der Waals surface area contributed by atoms with Crippen molar-refractivity contribution in [2.75, 3.05) is 0 Å². The van der Waals surface area contributed by atoms with E-state index in [1.807, 2.05) is 0 Å². The van der Waals surface area contributed by atoms with Crippen LogP contribution in [0.1, 0.15) is 55.8 Å². The molecule has 26 heavy (non-hydrogen) atoms. The van der Waals surface area contributed by atoms with E-state index in [1.54, 1.807) is 6.92 Å². The first-order valence-electron chi connectivity index (χ1n) is 9.17. The molecule has 0 saturated heterocycles. The lowest BCUT2D eigenvalue weighted by atomic mass is 9.53. The zero-order valence-electron chi connectivity index (χ0n) is 14.6. The van der Waals surface area contributed by atoms with E-state index in [-0.39, 0.29) is 27.2 Å². The van der Waals surface area contributed by atoms with Crippen LogP contribution in [-0.4, -0.2) is 28.5 Å². The minimum atomic E-state index is -0.870. The van der Waals surface area contributed by atoms with Gasteiger partial charge in [-0.2, -0.15) is 0 Å². The van der Waals surface area contributed by atoms with Crippen LogP contribution in [0.5, 0.6) is 0 Å². The van der Waals surface area contributed by atoms with Crippen LogP contribution < -0.4 is 5.32 Å². The summed E-state index contributed by atoms with van der Waals surface area (Å²) in [6.45, 7) is 1.60. The van der Waals surface area contributed by atoms with Crippen molar-refractivity contribution in [2.45, 2.75) is 57.1 Å². The molecular weight excluding hydrogens is 375 g/mol. The maximum Gasteiger partial charge on any atom is 0.340 e. The number of pyridine rings is 1. The number of rotatable bonds is 4. The van der Waals surface area contributed by atoms with Crippen molar-refractivity contribution in [2.24, 2.45) is 17.8 Å². The predicted molar refractivity (Wildman–Crippen MR) is 98.2 cm³/mol. The molecule has 4 aliphatic carbocycles. The van der Waals surface area contributed by atoms with Gasteiger partial charge in [0.1, 0.15) is 5.15 Å². The van der Waals surface area contributed by atoms with Crippen LogP contribution in [0.25, 0.3) is 0 Å². The van der Waals surface area contributed by atoms with E-state index < -0.39 is 12.1 Å². The Morgan fingerprint density at radius 3 is 2.31 bits per heavy atom. The van der Waals surface area contributed by atoms with Crippen LogP contribution in [0.4, 0.5) is 0 Å². The first-order valence-corrected chi connectivity index (χ1v) is 9.93. The Bertz CT molecular complexity index is 717. The summed E-state index contributed by atoms with van der Waals surface area (Å²) in [6.07, 6.45) is 7.52. The molecule has 0 aromatic carbocycles. The molecule has 1 aromatic rings. The Hall–Kier alpha value is -1.33. The molecule has 1 atom stereocenters. The number of hydrogen-bond acceptors (Lipinski definition) is 4. The highest BCUT2D eigenvalue weighted by Gasteiger charge is 2.51. The second-order valence-electron chi connectivity index (χ2n) is 8.23. The zero-order valence-corrected chi connectivity index (χ0v) is 16.1. The van der Waals surface area contributed by atoms with Crippen LogP contribution in [0.2, 0.25) is 10.2 Å². The number of nitrogens with one attached hydrogen (secondary N) is 1. The van der Waals surface area contributed by atoms with Gasteiger partial charge >= 0.3 is 5.97 Å². The summed E-state index contributed by atoms with van der Waals surface area (Å²) in [5.41, 5.74) is 0.0753. The number of carbonyl (C=O) groups excluding carboxylic acids is 2. The van der Waals surface area contributed by atoms with Gasteiger partial charge in [-0.3, -0.25) is 4.79 Å². The van der Waals surface area contributed by atoms with Gasteiger partial charge in [0.25, 0.3) is 5.91 Å². The molecule has 1 N–H and O–H groups in total. The van der Waals surface area contributed by atoms with E-state index in [0.29, 0.717) is 0 Å². The molecule has 7 heteroatoms. The van der Waals surface area contributed by atoms with E-state index in [9.17, 15) is 9.59 Å². The number of aromatic nitrogens is 1. The Labute approximate surface area is 162 Å². The molecule has 1 heterocycles. The van der Waals surface area contributed by atoms with Gasteiger partial charge < -0.3 is 10.1 Å². The SMILES string of the molecule is C[C@H](OC(=O)c1cnc(Cl)c(Cl)c1)C(=O)NC12CC3CC(CC(C3)C1)C2. The van der Waals surface area contributed by atoms with Crippen LogP contribution in [0, 0.1) is 17.8 Å². The smallest absolute Gasteiger partial charge is 0.340 e. The van der Waals surface area contributed by atoms with Gasteiger partial charge in [-0.05, 0) is 69.3 Å². The molecule has 0 unspecified atom stereocenters. The maximum absolute atomic E-state index is 12.7. The Morgan fingerprint density at radius 2 is 1.77 bits per heavy atom. The van der Waals surface area contributed by atoms with E-state index in [0.717, 1.165) is 37.0 Å². The van der Waals surface area contributed by atoms with Gasteiger partial charge in [-0.25, -0.2) is 9.78 Å². The fraction of sp³-hybridized carbons (Fsp3) is 0.632. The molecule has 4 fully saturated rings. The van der Waals surface area contributed by atoms with Gasteiger partial charge in [-0.15, -0.1) is 0 Å². The van der Waals surface area contributed by atoms with Gasteiger partial charge in [0.05, 0.1) is 10.6 Å². The summed E-state index contributed by atoms with van der Waals surface area (Å²) >= 11 is 11.6. The van der Waals surface area contributed by atoms with E-state index in [4.69, 9.17) is 27.9 Å². The van der Waals surface area contributed by atoms with Crippen LogP contribution in [0.3, 0.4) is 0 Å². The average Bonchev–Trinajstić information content (AvgIpc) is 2.55. The Balaban J connectivity index is 1.39. The molecule has 4 bridgehead atoms. The Morgan fingerprint density at radius 1 is 1.19 bits per heavy atom. The highest BCUT2D eigenvalue weighted by atomic mass is 35.5. The molecular formula is C19H22Cl2N2O3. The second-order valence-corrected chi connectivity index (χ2v) is 9.00. The van der Waals surface area contributed by atoms with Gasteiger partial charge in [0, 0.05) is 11.7 Å². The van der Waals surface area contributed by atoms with Crippen molar-refractivity contribution in [3.8, 4) is 0 Å². The summed E-state index contributed by atoms with van der Waals surface area (Å²) < 4.78 is 5.31. The lowest BCUT2D eigenvalue weighted by Gasteiger charge is -2.57. The van der Waals surface area contributed by atoms with Crippen molar-refractivity contribution in [1.29, 1.82) is 0 Å². The van der Waals surface area contributed by atoms with Crippen molar-refractivity contribution in [3.05, 3.63) is 28.0 Å². The average molecular weight is 397 g/mol. The van der Waals surface area contributed by atoms with Gasteiger partial charge in [0.2, 0.25) is 0 Å². The molecule has 0 radical (unpaired) electrons. The first-order chi connectivity index (χ1) is 12.3. The number of amides is 1. The molecule has 5 nitrogen and oxygen atoms in total. The number of ether oxygens (including phenoxy) is 1. The standard InChI is InChI=1S/C19H22Cl2N2O3/c1-10(26-18(25)14-5-15(20)16(21)22-9-14)17(24)23-19-6-11-2-12(7-19)4-13(3-11)8-19/h5,9-13H,2-4,6-8H2,1H3,(H,23,24)/t10-,11?,12?,13?,19?/m0/s1. The first kappa shape index (κ1) is 18.1. The van der Waals surface area contributed by atoms with Crippen LogP contribution >= 0.6 is 23.2 Å². The van der Waals surface area contributed by atoms with E-state index in [1.165, 1.54) is 31.5 Å². The molecule has 0 spiro atoms. The molecule has 4 aliphatic rings. The van der Waals surface area contributed by atoms with Crippen molar-refractivity contribution >= 4 is 35.1 Å². The number of halogens is 2. The fourth-order valence-corrected chi connectivity index (χ4v) is 5.71. The number of esters is 1. The van der Waals surface area contributed by atoms with Crippen LogP contribution in [0.15, 0.2) is 12.3 Å². The molecule has 140 valence electrons. The number of carbonyl (C=O) groups is 2. The highest BCUT2D eigenvalue weighted by Crippen LogP contribution is 2.55. The number of hydrogen-bond donors (Lipinski definition) is 1. The fourth-order valence-electron chi connectivity index (χ4n) is 5.44. The summed E-state index contributed by atoms with van der Waals surface area (Å²) in [7, 11) is 0. The largest absolute Gasteiger partial charge is 0.449 e. The molecule has 1 aromatic heterocycles. The van der Waals surface area contributed by atoms with Gasteiger partial charge in [0.15, 0.2) is 6.10 Å². The van der Waals surface area contributed by atoms with Crippen LogP contribution in [-0.2, 0) is 9.53 Å². The van der Waals surface area contributed by atoms with E-state index >= 15 is 0 Å². The third-order valence-electron chi connectivity index (χ3n) is 6.11. The van der Waals surface area contributed by atoms with Crippen molar-refractivity contribution in [1.82, 2.24) is 10.3 Å². The minimum absolute atomic E-state index is 0.0996.